The van der Waals surface area contributed by atoms with Gasteiger partial charge in [-0.05, 0) is 0 Å². The van der Waals surface area contributed by atoms with Crippen molar-refractivity contribution in [3.05, 3.63) is 60.7 Å². The molecule has 15 heavy (non-hydrogen) atoms. The molecule has 1 atom stereocenters. The molecule has 2 rings (SSSR count). The maximum absolute atomic E-state index is 5.35. The van der Waals surface area contributed by atoms with Crippen molar-refractivity contribution in [2.45, 2.75) is 0 Å². The van der Waals surface area contributed by atoms with Crippen LogP contribution in [0, 0.1) is 0 Å². The summed E-state index contributed by atoms with van der Waals surface area (Å²) in [5.41, 5.74) is 0. The molecule has 76 valence electrons. The summed E-state index contributed by atoms with van der Waals surface area (Å²) in [5.74, 6) is 0. The molecule has 0 N–H and O–H groups in total. The first-order valence-corrected chi connectivity index (χ1v) is 9.61. The van der Waals surface area contributed by atoms with Crippen molar-refractivity contribution in [1.29, 1.82) is 0 Å². The summed E-state index contributed by atoms with van der Waals surface area (Å²) in [6.45, 7) is 0. The quantitative estimate of drug-likeness (QED) is 0.596. The van der Waals surface area contributed by atoms with Crippen molar-refractivity contribution < 1.29 is 0 Å². The van der Waals surface area contributed by atoms with Gasteiger partial charge in [0, 0.05) is 10.6 Å². The zero-order valence-corrected chi connectivity index (χ0v) is 11.1. The lowest BCUT2D eigenvalue weighted by Crippen LogP contribution is -2.07. The molecule has 0 amide bonds. The average Bonchev–Trinajstić information content (AvgIpc) is 2.33. The highest BCUT2D eigenvalue weighted by atomic mass is 32.8. The Balaban J connectivity index is 2.34. The molecule has 0 aliphatic heterocycles. The lowest BCUT2D eigenvalue weighted by Gasteiger charge is -2.13. The molecule has 0 aliphatic rings. The smallest absolute Gasteiger partial charge is 0.0913 e. The van der Waals surface area contributed by atoms with Gasteiger partial charge in [-0.1, -0.05) is 60.7 Å². The number of hydrogen-bond acceptors (Lipinski definition) is 1. The molecule has 0 bridgehead atoms. The van der Waals surface area contributed by atoms with Gasteiger partial charge < -0.3 is 12.2 Å². The molecule has 3 heteroatoms. The summed E-state index contributed by atoms with van der Waals surface area (Å²) in [7, 11) is -0.185. The molecule has 0 aliphatic carbocycles. The van der Waals surface area contributed by atoms with Crippen LogP contribution in [0.5, 0.6) is 0 Å². The zero-order chi connectivity index (χ0) is 10.5. The first-order chi connectivity index (χ1) is 7.42. The molecular formula is C12H12P2S. The van der Waals surface area contributed by atoms with Gasteiger partial charge in [-0.15, -0.1) is 7.47 Å². The first kappa shape index (κ1) is 11.1. The van der Waals surface area contributed by atoms with E-state index in [2.05, 4.69) is 60.7 Å². The van der Waals surface area contributed by atoms with E-state index in [1.807, 2.05) is 0 Å². The van der Waals surface area contributed by atoms with Gasteiger partial charge in [-0.3, -0.25) is 0 Å². The summed E-state index contributed by atoms with van der Waals surface area (Å²) in [4.78, 5) is 0. The molecule has 2 aromatic rings. The fourth-order valence-corrected chi connectivity index (χ4v) is 6.93. The van der Waals surface area contributed by atoms with Gasteiger partial charge in [-0.2, -0.15) is 0 Å². The lowest BCUT2D eigenvalue weighted by atomic mass is 10.4. The van der Waals surface area contributed by atoms with Gasteiger partial charge in [0.25, 0.3) is 0 Å². The molecule has 0 spiro atoms. The molecule has 0 saturated heterocycles. The van der Waals surface area contributed by atoms with Crippen molar-refractivity contribution in [3.8, 4) is 0 Å². The maximum atomic E-state index is 5.35. The van der Waals surface area contributed by atoms with Crippen LogP contribution in [0.25, 0.3) is 0 Å². The van der Waals surface area contributed by atoms with E-state index in [0.717, 1.165) is 0 Å². The van der Waals surface area contributed by atoms with Crippen molar-refractivity contribution in [3.63, 3.8) is 0 Å². The van der Waals surface area contributed by atoms with Crippen LogP contribution in [0.15, 0.2) is 60.7 Å². The summed E-state index contributed by atoms with van der Waals surface area (Å²) in [5, 5.41) is 2.81. The summed E-state index contributed by atoms with van der Waals surface area (Å²) in [6, 6.07) is 21.3. The van der Waals surface area contributed by atoms with E-state index in [0.29, 0.717) is 0 Å². The van der Waals surface area contributed by atoms with E-state index in [9.17, 15) is 0 Å². The standard InChI is InChI=1S/C12H12P2S/c15-13-14(11-7-3-1-4-8-11)12-9-5-2-6-10-12/h1-10H,13H2. The second kappa shape index (κ2) is 5.66. The molecule has 0 fully saturated rings. The predicted molar refractivity (Wildman–Crippen MR) is 76.1 cm³/mol. The topological polar surface area (TPSA) is 0 Å². The Morgan fingerprint density at radius 1 is 0.733 bits per heavy atom. The van der Waals surface area contributed by atoms with E-state index < -0.39 is 0 Å². The highest BCUT2D eigenvalue weighted by Gasteiger charge is 2.13. The molecule has 2 aromatic carbocycles. The number of hydrogen-bond donors (Lipinski definition) is 0. The van der Waals surface area contributed by atoms with Gasteiger partial charge in [-0.25, -0.2) is 0 Å². The Hall–Kier alpha value is -0.350. The van der Waals surface area contributed by atoms with Crippen LogP contribution in [-0.2, 0) is 12.2 Å². The van der Waals surface area contributed by atoms with Gasteiger partial charge in [0.15, 0.2) is 0 Å². The summed E-state index contributed by atoms with van der Waals surface area (Å²) < 4.78 is 0. The first-order valence-electron chi connectivity index (χ1n) is 4.76. The average molecular weight is 250 g/mol. The molecule has 0 nitrogen and oxygen atoms in total. The summed E-state index contributed by atoms with van der Waals surface area (Å²) in [6.07, 6.45) is 0. The van der Waals surface area contributed by atoms with E-state index in [1.54, 1.807) is 0 Å². The highest BCUT2D eigenvalue weighted by molar-refractivity contribution is 8.58. The Bertz CT molecular complexity index is 363. The van der Waals surface area contributed by atoms with Gasteiger partial charge in [0.2, 0.25) is 0 Å². The third-order valence-electron chi connectivity index (χ3n) is 2.17. The van der Waals surface area contributed by atoms with Crippen molar-refractivity contribution in [2.75, 3.05) is 0 Å². The second-order valence-electron chi connectivity index (χ2n) is 3.15. The number of benzene rings is 2. The van der Waals surface area contributed by atoms with Gasteiger partial charge in [0.05, 0.1) is 7.61 Å². The fraction of sp³-hybridized carbons (Fsp3) is 0. The lowest BCUT2D eigenvalue weighted by molar-refractivity contribution is 1.76. The Kier molecular flexibility index (Phi) is 4.20. The van der Waals surface area contributed by atoms with E-state index in [1.165, 1.54) is 10.6 Å². The monoisotopic (exact) mass is 250 g/mol. The SMILES string of the molecule is [S-][PH2+]P(c1ccccc1)c1ccccc1. The normalized spacial score (nSPS) is 11.3. The predicted octanol–water partition coefficient (Wildman–Crippen LogP) is 2.91. The van der Waals surface area contributed by atoms with Crippen LogP contribution >= 0.6 is 15.1 Å². The minimum atomic E-state index is -0.251. The minimum Gasteiger partial charge on any atom is -0.558 e. The molecule has 0 aromatic heterocycles. The van der Waals surface area contributed by atoms with Gasteiger partial charge in [0.1, 0.15) is 0 Å². The van der Waals surface area contributed by atoms with Crippen LogP contribution in [0.4, 0.5) is 0 Å². The second-order valence-corrected chi connectivity index (χ2v) is 9.21. The van der Waals surface area contributed by atoms with Gasteiger partial charge >= 0.3 is 0 Å². The van der Waals surface area contributed by atoms with E-state index in [4.69, 9.17) is 12.2 Å². The molecule has 0 saturated carbocycles. The maximum Gasteiger partial charge on any atom is 0.0913 e. The fourth-order valence-electron chi connectivity index (χ4n) is 1.45. The molecular weight excluding hydrogens is 238 g/mol. The van der Waals surface area contributed by atoms with E-state index >= 15 is 0 Å². The molecule has 0 heterocycles. The van der Waals surface area contributed by atoms with Crippen LogP contribution in [0.3, 0.4) is 0 Å². The zero-order valence-electron chi connectivity index (χ0n) is 8.21. The summed E-state index contributed by atoms with van der Waals surface area (Å²) >= 11 is 5.35. The van der Waals surface area contributed by atoms with Crippen molar-refractivity contribution in [2.24, 2.45) is 0 Å². The Labute approximate surface area is 98.7 Å². The van der Waals surface area contributed by atoms with Crippen LogP contribution in [-0.4, -0.2) is 0 Å². The third kappa shape index (κ3) is 2.82. The molecule has 1 unspecified atom stereocenters. The third-order valence-corrected chi connectivity index (χ3v) is 8.41. The van der Waals surface area contributed by atoms with Crippen molar-refractivity contribution in [1.82, 2.24) is 0 Å². The number of rotatable bonds is 3. The minimum absolute atomic E-state index is 0.0657. The Morgan fingerprint density at radius 2 is 1.13 bits per heavy atom. The van der Waals surface area contributed by atoms with E-state index in [-0.39, 0.29) is 15.1 Å². The van der Waals surface area contributed by atoms with Crippen LogP contribution in [0.2, 0.25) is 0 Å². The Morgan fingerprint density at radius 3 is 1.47 bits per heavy atom. The van der Waals surface area contributed by atoms with Crippen molar-refractivity contribution >= 4 is 37.9 Å². The largest absolute Gasteiger partial charge is 0.558 e. The van der Waals surface area contributed by atoms with Crippen LogP contribution < -0.4 is 10.6 Å². The highest BCUT2D eigenvalue weighted by Crippen LogP contribution is 2.51. The van der Waals surface area contributed by atoms with Crippen LogP contribution in [0.1, 0.15) is 0 Å². The molecule has 0 radical (unpaired) electrons.